The Labute approximate surface area is 111 Å². The van der Waals surface area contributed by atoms with Gasteiger partial charge in [-0.25, -0.2) is 0 Å². The summed E-state index contributed by atoms with van der Waals surface area (Å²) in [6.07, 6.45) is 1.71. The molecule has 0 saturated heterocycles. The molecule has 0 radical (unpaired) electrons. The van der Waals surface area contributed by atoms with Crippen molar-refractivity contribution in [2.75, 3.05) is 5.43 Å². The summed E-state index contributed by atoms with van der Waals surface area (Å²) in [5.41, 5.74) is 4.69. The minimum atomic E-state index is -0.138. The van der Waals surface area contributed by atoms with Gasteiger partial charge in [0.25, 0.3) is 5.91 Å². The Kier molecular flexibility index (Phi) is 4.10. The molecule has 1 amide bonds. The van der Waals surface area contributed by atoms with E-state index >= 15 is 0 Å². The molecule has 0 aliphatic heterocycles. The molecule has 19 heavy (non-hydrogen) atoms. The Morgan fingerprint density at radius 3 is 2.53 bits per heavy atom. The van der Waals surface area contributed by atoms with Crippen LogP contribution in [0.4, 0.5) is 5.69 Å². The summed E-state index contributed by atoms with van der Waals surface area (Å²) >= 11 is 0. The molecule has 1 aromatic heterocycles. The number of hydrazine groups is 1. The van der Waals surface area contributed by atoms with Gasteiger partial charge in [-0.3, -0.25) is 15.6 Å². The van der Waals surface area contributed by atoms with Gasteiger partial charge < -0.3 is 10.7 Å². The van der Waals surface area contributed by atoms with Gasteiger partial charge in [0, 0.05) is 17.4 Å². The lowest BCUT2D eigenvalue weighted by atomic mass is 10.1. The van der Waals surface area contributed by atoms with Crippen LogP contribution in [0.1, 0.15) is 29.0 Å². The lowest BCUT2D eigenvalue weighted by molar-refractivity contribution is 0.0939. The van der Waals surface area contributed by atoms with E-state index in [0.717, 1.165) is 11.4 Å². The fourth-order valence-electron chi connectivity index (χ4n) is 1.70. The summed E-state index contributed by atoms with van der Waals surface area (Å²) in [6, 6.07) is 12.4. The maximum atomic E-state index is 12.0. The van der Waals surface area contributed by atoms with Crippen molar-refractivity contribution in [1.82, 2.24) is 10.3 Å². The second kappa shape index (κ2) is 5.97. The van der Waals surface area contributed by atoms with E-state index in [9.17, 15) is 4.79 Å². The van der Waals surface area contributed by atoms with Crippen LogP contribution in [-0.4, -0.2) is 10.9 Å². The molecular weight excluding hydrogens is 240 g/mol. The first-order valence-electron chi connectivity index (χ1n) is 5.99. The number of carbonyl (C=O) groups is 1. The molecule has 1 heterocycles. The van der Waals surface area contributed by atoms with Gasteiger partial charge in [0.15, 0.2) is 0 Å². The molecule has 0 aliphatic rings. The van der Waals surface area contributed by atoms with Crippen molar-refractivity contribution in [3.63, 3.8) is 0 Å². The quantitative estimate of drug-likeness (QED) is 0.576. The van der Waals surface area contributed by atoms with Gasteiger partial charge in [-0.2, -0.15) is 0 Å². The van der Waals surface area contributed by atoms with Gasteiger partial charge in [0.2, 0.25) is 0 Å². The number of nitrogen functional groups attached to an aromatic ring is 1. The van der Waals surface area contributed by atoms with E-state index in [1.807, 2.05) is 25.1 Å². The number of carbonyl (C=O) groups excluding carboxylic acids is 1. The van der Waals surface area contributed by atoms with Crippen molar-refractivity contribution in [2.45, 2.75) is 13.0 Å². The molecule has 1 atom stereocenters. The topological polar surface area (TPSA) is 80.0 Å². The van der Waals surface area contributed by atoms with E-state index in [0.29, 0.717) is 5.56 Å². The van der Waals surface area contributed by atoms with Crippen LogP contribution in [0.15, 0.2) is 48.7 Å². The molecule has 4 N–H and O–H groups in total. The fourth-order valence-corrected chi connectivity index (χ4v) is 1.70. The number of nitrogens with two attached hydrogens (primary N) is 1. The molecule has 5 heteroatoms. The number of anilines is 1. The van der Waals surface area contributed by atoms with Crippen LogP contribution in [0.5, 0.6) is 0 Å². The standard InChI is InChI=1S/C14H16N4O/c1-10(13-4-2-3-9-16-13)17-14(19)11-5-7-12(18-15)8-6-11/h2-10,18H,15H2,1H3,(H,17,19). The zero-order valence-corrected chi connectivity index (χ0v) is 10.6. The first-order chi connectivity index (χ1) is 9.20. The zero-order chi connectivity index (χ0) is 13.7. The molecule has 98 valence electrons. The molecule has 0 saturated carbocycles. The Morgan fingerprint density at radius 2 is 1.95 bits per heavy atom. The Bertz CT molecular complexity index is 539. The Morgan fingerprint density at radius 1 is 1.21 bits per heavy atom. The summed E-state index contributed by atoms with van der Waals surface area (Å²) < 4.78 is 0. The molecule has 0 fully saturated rings. The highest BCUT2D eigenvalue weighted by molar-refractivity contribution is 5.94. The van der Waals surface area contributed by atoms with E-state index in [4.69, 9.17) is 5.84 Å². The number of pyridine rings is 1. The van der Waals surface area contributed by atoms with Crippen molar-refractivity contribution in [3.8, 4) is 0 Å². The maximum Gasteiger partial charge on any atom is 0.251 e. The lowest BCUT2D eigenvalue weighted by Gasteiger charge is -2.13. The largest absolute Gasteiger partial charge is 0.344 e. The van der Waals surface area contributed by atoms with Crippen molar-refractivity contribution in [1.29, 1.82) is 0 Å². The Balaban J connectivity index is 2.04. The van der Waals surface area contributed by atoms with E-state index in [-0.39, 0.29) is 11.9 Å². The smallest absolute Gasteiger partial charge is 0.251 e. The summed E-state index contributed by atoms with van der Waals surface area (Å²) in [4.78, 5) is 16.2. The van der Waals surface area contributed by atoms with Crippen LogP contribution >= 0.6 is 0 Å². The van der Waals surface area contributed by atoms with Crippen LogP contribution in [0.3, 0.4) is 0 Å². The predicted octanol–water partition coefficient (Wildman–Crippen LogP) is 1.86. The van der Waals surface area contributed by atoms with Crippen LogP contribution in [0.2, 0.25) is 0 Å². The van der Waals surface area contributed by atoms with Crippen LogP contribution in [0.25, 0.3) is 0 Å². The number of nitrogens with one attached hydrogen (secondary N) is 2. The second-order valence-corrected chi connectivity index (χ2v) is 4.17. The highest BCUT2D eigenvalue weighted by Gasteiger charge is 2.11. The van der Waals surface area contributed by atoms with Crippen molar-refractivity contribution >= 4 is 11.6 Å². The van der Waals surface area contributed by atoms with E-state index in [1.54, 1.807) is 30.5 Å². The molecule has 0 spiro atoms. The summed E-state index contributed by atoms with van der Waals surface area (Å²) in [5.74, 6) is 5.14. The van der Waals surface area contributed by atoms with Gasteiger partial charge in [-0.05, 0) is 43.3 Å². The average Bonchev–Trinajstić information content (AvgIpc) is 2.48. The van der Waals surface area contributed by atoms with Gasteiger partial charge in [-0.15, -0.1) is 0 Å². The van der Waals surface area contributed by atoms with E-state index in [1.165, 1.54) is 0 Å². The first kappa shape index (κ1) is 13.0. The molecule has 0 aliphatic carbocycles. The number of hydrogen-bond donors (Lipinski definition) is 3. The summed E-state index contributed by atoms with van der Waals surface area (Å²) in [6.45, 7) is 1.90. The van der Waals surface area contributed by atoms with Gasteiger partial charge in [0.1, 0.15) is 0 Å². The second-order valence-electron chi connectivity index (χ2n) is 4.17. The number of nitrogens with zero attached hydrogens (tertiary/aromatic N) is 1. The van der Waals surface area contributed by atoms with Crippen LogP contribution in [-0.2, 0) is 0 Å². The average molecular weight is 256 g/mol. The van der Waals surface area contributed by atoms with Gasteiger partial charge in [-0.1, -0.05) is 6.07 Å². The number of rotatable bonds is 4. The minimum Gasteiger partial charge on any atom is -0.344 e. The monoisotopic (exact) mass is 256 g/mol. The van der Waals surface area contributed by atoms with E-state index in [2.05, 4.69) is 15.7 Å². The van der Waals surface area contributed by atoms with Crippen LogP contribution in [0, 0.1) is 0 Å². The van der Waals surface area contributed by atoms with Gasteiger partial charge >= 0.3 is 0 Å². The fraction of sp³-hybridized carbons (Fsp3) is 0.143. The third kappa shape index (κ3) is 3.29. The molecule has 2 rings (SSSR count). The highest BCUT2D eigenvalue weighted by Crippen LogP contribution is 2.11. The van der Waals surface area contributed by atoms with Crippen LogP contribution < -0.4 is 16.6 Å². The molecule has 0 bridgehead atoms. The molecule has 1 aromatic carbocycles. The highest BCUT2D eigenvalue weighted by atomic mass is 16.1. The maximum absolute atomic E-state index is 12.0. The molecule has 2 aromatic rings. The number of benzene rings is 1. The molecule has 1 unspecified atom stereocenters. The third-order valence-corrected chi connectivity index (χ3v) is 2.79. The molecular formula is C14H16N4O. The number of hydrogen-bond acceptors (Lipinski definition) is 4. The normalized spacial score (nSPS) is 11.7. The minimum absolute atomic E-state index is 0.137. The zero-order valence-electron chi connectivity index (χ0n) is 10.6. The Hall–Kier alpha value is -2.40. The first-order valence-corrected chi connectivity index (χ1v) is 5.99. The number of amides is 1. The summed E-state index contributed by atoms with van der Waals surface area (Å²) in [5, 5.41) is 2.90. The predicted molar refractivity (Wildman–Crippen MR) is 74.4 cm³/mol. The van der Waals surface area contributed by atoms with Crippen molar-refractivity contribution < 1.29 is 4.79 Å². The number of aromatic nitrogens is 1. The molecule has 5 nitrogen and oxygen atoms in total. The summed E-state index contributed by atoms with van der Waals surface area (Å²) in [7, 11) is 0. The van der Waals surface area contributed by atoms with Crippen molar-refractivity contribution in [3.05, 3.63) is 59.9 Å². The third-order valence-electron chi connectivity index (χ3n) is 2.79. The lowest BCUT2D eigenvalue weighted by Crippen LogP contribution is -2.27. The van der Waals surface area contributed by atoms with Crippen molar-refractivity contribution in [2.24, 2.45) is 5.84 Å². The SMILES string of the molecule is CC(NC(=O)c1ccc(NN)cc1)c1ccccn1. The van der Waals surface area contributed by atoms with E-state index < -0.39 is 0 Å². The van der Waals surface area contributed by atoms with Gasteiger partial charge in [0.05, 0.1) is 11.7 Å².